The molecule has 0 bridgehead atoms. The zero-order valence-corrected chi connectivity index (χ0v) is 43.9. The average molecular weight is 1190 g/mol. The predicted molar refractivity (Wildman–Crippen MR) is 288 cm³/mol. The van der Waals surface area contributed by atoms with Gasteiger partial charge in [0, 0.05) is 59.1 Å². The van der Waals surface area contributed by atoms with Gasteiger partial charge >= 0.3 is 32.0 Å². The van der Waals surface area contributed by atoms with E-state index < -0.39 is 72.0 Å². The number of halogens is 9. The maximum atomic E-state index is 14.1. The monoisotopic (exact) mass is 1190 g/mol. The number of ether oxygens (including phenoxy) is 4. The first-order valence-corrected chi connectivity index (χ1v) is 25.1. The van der Waals surface area contributed by atoms with Crippen LogP contribution in [0.5, 0.6) is 29.0 Å². The number of nitrogen functional groups attached to an aromatic ring is 2. The van der Waals surface area contributed by atoms with Gasteiger partial charge in [0.05, 0.1) is 5.69 Å². The highest BCUT2D eigenvalue weighted by molar-refractivity contribution is 6.29. The minimum atomic E-state index is -4.80. The highest BCUT2D eigenvalue weighted by Gasteiger charge is 2.45. The molecule has 0 amide bonds. The highest BCUT2D eigenvalue weighted by Crippen LogP contribution is 2.40. The van der Waals surface area contributed by atoms with Gasteiger partial charge in [0.1, 0.15) is 59.3 Å². The van der Waals surface area contributed by atoms with Crippen molar-refractivity contribution >= 4 is 43.1 Å². The van der Waals surface area contributed by atoms with E-state index in [9.17, 15) is 49.8 Å². The number of nitrogens with one attached hydrogen (secondary N) is 2. The second-order valence-electron chi connectivity index (χ2n) is 18.2. The quantitative estimate of drug-likeness (QED) is 0.0321. The fourth-order valence-corrected chi connectivity index (χ4v) is 8.42. The van der Waals surface area contributed by atoms with Gasteiger partial charge in [0.25, 0.3) is 0 Å². The third-order valence-electron chi connectivity index (χ3n) is 12.3. The summed E-state index contributed by atoms with van der Waals surface area (Å²) in [6.45, 7) is 0.597. The minimum absolute atomic E-state index is 0.0502. The molecule has 2 aliphatic heterocycles. The van der Waals surface area contributed by atoms with Gasteiger partial charge in [-0.3, -0.25) is 20.2 Å². The number of hydrogen-bond acceptors (Lipinski definition) is 16. The first-order valence-electron chi connectivity index (χ1n) is 24.7. The highest BCUT2D eigenvalue weighted by atomic mass is 35.5. The number of nitrogens with two attached hydrogens (primary N) is 2. The van der Waals surface area contributed by atoms with E-state index in [0.717, 1.165) is 11.6 Å². The fourth-order valence-electron chi connectivity index (χ4n) is 8.24. The summed E-state index contributed by atoms with van der Waals surface area (Å²) in [4.78, 5) is 37.3. The number of hydrogen-bond donors (Lipinski definition) is 7. The zero-order chi connectivity index (χ0) is 60.3. The summed E-state index contributed by atoms with van der Waals surface area (Å²) < 4.78 is 136. The van der Waals surface area contributed by atoms with E-state index in [1.165, 1.54) is 91.0 Å². The van der Waals surface area contributed by atoms with Crippen molar-refractivity contribution in [2.24, 2.45) is 0 Å². The molecule has 4 atom stereocenters. The smallest absolute Gasteiger partial charge is 0.537 e. The van der Waals surface area contributed by atoms with Gasteiger partial charge in [-0.1, -0.05) is 103 Å². The number of alkyl halides is 6. The van der Waals surface area contributed by atoms with Gasteiger partial charge in [0.2, 0.25) is 35.9 Å². The average Bonchev–Trinajstić information content (AvgIpc) is 3.79. The molecule has 18 nitrogen and oxygen atoms in total. The minimum Gasteiger partial charge on any atom is -0.537 e. The van der Waals surface area contributed by atoms with Crippen molar-refractivity contribution in [2.75, 3.05) is 24.7 Å². The van der Waals surface area contributed by atoms with Crippen LogP contribution in [0.2, 0.25) is 5.15 Å². The Morgan fingerprint density at radius 2 is 1.04 bits per heavy atom. The Kier molecular flexibility index (Phi) is 19.3. The van der Waals surface area contributed by atoms with Crippen LogP contribution in [0.25, 0.3) is 33.5 Å². The largest absolute Gasteiger partial charge is 0.569 e. The van der Waals surface area contributed by atoms with Crippen LogP contribution in [0.3, 0.4) is 0 Å². The van der Waals surface area contributed by atoms with Gasteiger partial charge in [-0.25, -0.2) is 18.7 Å². The molecule has 0 aliphatic carbocycles. The van der Waals surface area contributed by atoms with Gasteiger partial charge in [-0.15, -0.1) is 0 Å². The topological polar surface area (TPSA) is 269 Å². The number of carboxylic acid groups (broad SMARTS) is 2. The number of carbonyl (C=O) groups is 2. The molecule has 0 saturated carbocycles. The third-order valence-corrected chi connectivity index (χ3v) is 12.5. The lowest BCUT2D eigenvalue weighted by molar-refractivity contribution is -0.199. The van der Waals surface area contributed by atoms with Crippen LogP contribution >= 0.6 is 11.6 Å². The molecule has 9 N–H and O–H groups in total. The maximum absolute atomic E-state index is 14.1. The number of carboxylic acids is 2. The van der Waals surface area contributed by atoms with E-state index in [2.05, 4.69) is 30.6 Å². The van der Waals surface area contributed by atoms with Crippen LogP contribution in [0.15, 0.2) is 146 Å². The number of aromatic nitrogens is 4. The van der Waals surface area contributed by atoms with Gasteiger partial charge in [-0.05, 0) is 58.7 Å². The molecular formula is C56H45BClF8N8O10. The summed E-state index contributed by atoms with van der Waals surface area (Å²) in [6.07, 6.45) is -14.2. The fraction of sp³-hybridized carbons (Fsp3) is 0.179. The normalized spacial score (nSPS) is 15.4. The van der Waals surface area contributed by atoms with Crippen molar-refractivity contribution in [3.8, 4) is 62.5 Å². The van der Waals surface area contributed by atoms with Gasteiger partial charge in [0.15, 0.2) is 0 Å². The molecular weight excluding hydrogens is 1140 g/mol. The SMILES string of the molecule is Nc1nc(Cl)cc(OC(c2ccc(-c3cccc(F)c3)cc2)C(F)(F)F)n1.Nc1nc(OC(c2ccc(-c3cccc(F)c3)cc2)C(F)(F)F)cc(-c2ccc3c(c2)OCC(C(=O)O)NC3)n1.O=C(O)C1COc2cc(O[B]O)ccc2CN1. The van der Waals surface area contributed by atoms with Crippen LogP contribution in [-0.2, 0) is 22.7 Å². The summed E-state index contributed by atoms with van der Waals surface area (Å²) >= 11 is 5.67. The van der Waals surface area contributed by atoms with E-state index in [-0.39, 0.29) is 53.6 Å². The standard InChI is InChI=1S/C28H22F4N4O4.C18H12ClF4N3O.C10H11BNO5/c29-20-3-1-2-17(10-20)15-4-6-16(7-5-15)25(28(30,31)32)40-24-12-21(35-27(33)36-24)18-8-9-19-13-34-22(26(37)38)14-39-23(19)11-18;19-14-9-15(26-17(24)25-14)27-16(18(21,22)23)11-6-4-10(5-7-11)12-2-1-3-13(20)8-12;13-10(14)8-5-16-9-3-7(17-11-15)2-1-6(9)4-12-8/h1-12,22,25,34H,13-14H2,(H,37,38)(H2,33,35,36);1-9,16H,(H2,24,25,26);1-3,8,12,15H,4-5H2,(H,13,14). The molecule has 10 rings (SSSR count). The van der Waals surface area contributed by atoms with Crippen molar-refractivity contribution in [3.05, 3.63) is 185 Å². The van der Waals surface area contributed by atoms with Crippen LogP contribution < -0.4 is 45.7 Å². The molecule has 2 aliphatic rings. The Bertz CT molecular complexity index is 3600. The number of benzene rings is 6. The Morgan fingerprint density at radius 1 is 0.583 bits per heavy atom. The molecule has 28 heteroatoms. The second-order valence-corrected chi connectivity index (χ2v) is 18.5. The van der Waals surface area contributed by atoms with E-state index >= 15 is 0 Å². The van der Waals surface area contributed by atoms with Gasteiger partial charge < -0.3 is 50.3 Å². The molecule has 2 aromatic heterocycles. The number of fused-ring (bicyclic) bond motifs is 2. The predicted octanol–water partition coefficient (Wildman–Crippen LogP) is 9.88. The summed E-state index contributed by atoms with van der Waals surface area (Å²) in [5, 5.41) is 32.2. The zero-order valence-electron chi connectivity index (χ0n) is 43.1. The molecule has 0 saturated heterocycles. The summed E-state index contributed by atoms with van der Waals surface area (Å²) in [5.74, 6) is -2.92. The Labute approximate surface area is 477 Å². The molecule has 0 fully saturated rings. The summed E-state index contributed by atoms with van der Waals surface area (Å²) in [7, 11) is 0.580. The van der Waals surface area contributed by atoms with Crippen LogP contribution in [0.1, 0.15) is 34.5 Å². The van der Waals surface area contributed by atoms with Crippen LogP contribution in [-0.4, -0.2) is 92.4 Å². The molecule has 0 spiro atoms. The molecule has 4 unspecified atom stereocenters. The molecule has 435 valence electrons. The number of nitrogens with zero attached hydrogens (tertiary/aromatic N) is 4. The van der Waals surface area contributed by atoms with Gasteiger partial charge in [-0.2, -0.15) is 36.3 Å². The van der Waals surface area contributed by atoms with Crippen molar-refractivity contribution in [1.82, 2.24) is 30.6 Å². The summed E-state index contributed by atoms with van der Waals surface area (Å²) in [5.41, 5.74) is 15.2. The number of aliphatic carboxylic acids is 2. The van der Waals surface area contributed by atoms with E-state index in [1.807, 2.05) is 0 Å². The molecule has 1 radical (unpaired) electrons. The third kappa shape index (κ3) is 16.2. The second kappa shape index (κ2) is 26.7. The molecule has 84 heavy (non-hydrogen) atoms. The van der Waals surface area contributed by atoms with Crippen molar-refractivity contribution in [1.29, 1.82) is 0 Å². The van der Waals surface area contributed by atoms with E-state index in [1.54, 1.807) is 48.5 Å². The van der Waals surface area contributed by atoms with Crippen molar-refractivity contribution in [3.63, 3.8) is 0 Å². The van der Waals surface area contributed by atoms with Crippen LogP contribution in [0, 0.1) is 11.6 Å². The van der Waals surface area contributed by atoms with Crippen molar-refractivity contribution in [2.45, 2.75) is 49.7 Å². The number of rotatable bonds is 13. The van der Waals surface area contributed by atoms with E-state index in [4.69, 9.17) is 56.8 Å². The van der Waals surface area contributed by atoms with E-state index in [0.29, 0.717) is 64.9 Å². The maximum Gasteiger partial charge on any atom is 0.569 e. The first-order chi connectivity index (χ1) is 40.0. The number of anilines is 2. The van der Waals surface area contributed by atoms with Crippen LogP contribution in [0.4, 0.5) is 47.0 Å². The van der Waals surface area contributed by atoms with Crippen molar-refractivity contribution < 1.29 is 83.6 Å². The Morgan fingerprint density at radius 3 is 1.49 bits per heavy atom. The molecule has 4 heterocycles. The Balaban J connectivity index is 0.000000180. The summed E-state index contributed by atoms with van der Waals surface area (Å²) in [6, 6.07) is 32.9. The lowest BCUT2D eigenvalue weighted by Crippen LogP contribution is -2.39. The molecule has 8 aromatic rings. The lowest BCUT2D eigenvalue weighted by Gasteiger charge is -2.22. The molecule has 6 aromatic carbocycles. The first kappa shape index (κ1) is 60.8. The Hall–Kier alpha value is -9.31. The lowest BCUT2D eigenvalue weighted by atomic mass is 10.0.